The molecule has 1 fully saturated rings. The van der Waals surface area contributed by atoms with E-state index in [1.807, 2.05) is 35.2 Å². The van der Waals surface area contributed by atoms with E-state index in [1.54, 1.807) is 0 Å². The molecule has 0 aliphatic carbocycles. The Morgan fingerprint density at radius 1 is 1.41 bits per heavy atom. The summed E-state index contributed by atoms with van der Waals surface area (Å²) in [5, 5.41) is 0.771. The highest BCUT2D eigenvalue weighted by molar-refractivity contribution is 9.09. The van der Waals surface area contributed by atoms with Gasteiger partial charge in [0.05, 0.1) is 25.7 Å². The zero-order valence-electron chi connectivity index (χ0n) is 9.64. The maximum atomic E-state index is 12.2. The number of alkyl halides is 1. The molecular weight excluding hydrogens is 282 g/mol. The first-order valence-corrected chi connectivity index (χ1v) is 6.90. The summed E-state index contributed by atoms with van der Waals surface area (Å²) in [6.45, 7) is 1.97. The molecule has 3 nitrogen and oxygen atoms in total. The Morgan fingerprint density at radius 3 is 2.88 bits per heavy atom. The predicted molar refractivity (Wildman–Crippen MR) is 70.3 cm³/mol. The topological polar surface area (TPSA) is 29.5 Å². The molecule has 17 heavy (non-hydrogen) atoms. The lowest BCUT2D eigenvalue weighted by Crippen LogP contribution is -2.50. The maximum Gasteiger partial charge on any atom is 0.227 e. The largest absolute Gasteiger partial charge is 0.377 e. The molecule has 2 rings (SSSR count). The number of nitrogens with zero attached hydrogens (tertiary/aromatic N) is 1. The molecule has 0 aromatic heterocycles. The van der Waals surface area contributed by atoms with E-state index in [9.17, 15) is 4.79 Å². The van der Waals surface area contributed by atoms with Gasteiger partial charge in [0, 0.05) is 11.9 Å². The van der Waals surface area contributed by atoms with E-state index in [1.165, 1.54) is 0 Å². The van der Waals surface area contributed by atoms with Crippen molar-refractivity contribution in [3.05, 3.63) is 35.9 Å². The quantitative estimate of drug-likeness (QED) is 0.797. The van der Waals surface area contributed by atoms with Gasteiger partial charge in [0.15, 0.2) is 0 Å². The van der Waals surface area contributed by atoms with E-state index in [0.29, 0.717) is 26.2 Å². The van der Waals surface area contributed by atoms with Crippen LogP contribution in [0.15, 0.2) is 30.3 Å². The second-order valence-corrected chi connectivity index (χ2v) is 4.78. The van der Waals surface area contributed by atoms with Gasteiger partial charge in [-0.15, -0.1) is 0 Å². The number of carbonyl (C=O) groups excluding carboxylic acids is 1. The van der Waals surface area contributed by atoms with Crippen LogP contribution in [0, 0.1) is 0 Å². The van der Waals surface area contributed by atoms with Gasteiger partial charge in [-0.1, -0.05) is 46.3 Å². The molecule has 1 unspecified atom stereocenters. The molecule has 0 bridgehead atoms. The van der Waals surface area contributed by atoms with Crippen LogP contribution in [0.1, 0.15) is 5.56 Å². The van der Waals surface area contributed by atoms with Crippen molar-refractivity contribution in [1.82, 2.24) is 4.90 Å². The molecule has 4 heteroatoms. The van der Waals surface area contributed by atoms with Crippen molar-refractivity contribution in [2.45, 2.75) is 12.5 Å². The highest BCUT2D eigenvalue weighted by atomic mass is 79.9. The van der Waals surface area contributed by atoms with Crippen LogP contribution < -0.4 is 0 Å². The van der Waals surface area contributed by atoms with Crippen molar-refractivity contribution in [2.24, 2.45) is 0 Å². The van der Waals surface area contributed by atoms with Crippen LogP contribution in [0.5, 0.6) is 0 Å². The summed E-state index contributed by atoms with van der Waals surface area (Å²) in [6, 6.07) is 10.0. The average Bonchev–Trinajstić information content (AvgIpc) is 2.40. The van der Waals surface area contributed by atoms with Gasteiger partial charge in [0.2, 0.25) is 5.91 Å². The fourth-order valence-electron chi connectivity index (χ4n) is 1.98. The van der Waals surface area contributed by atoms with Gasteiger partial charge < -0.3 is 9.64 Å². The highest BCUT2D eigenvalue weighted by Crippen LogP contribution is 2.12. The Hall–Kier alpha value is -0.870. The van der Waals surface area contributed by atoms with E-state index in [0.717, 1.165) is 10.9 Å². The maximum absolute atomic E-state index is 12.2. The van der Waals surface area contributed by atoms with Crippen LogP contribution in [0.25, 0.3) is 0 Å². The first kappa shape index (κ1) is 12.6. The molecule has 1 amide bonds. The lowest BCUT2D eigenvalue weighted by Gasteiger charge is -2.34. The van der Waals surface area contributed by atoms with Crippen LogP contribution in [0.2, 0.25) is 0 Å². The van der Waals surface area contributed by atoms with Gasteiger partial charge in [0.25, 0.3) is 0 Å². The van der Waals surface area contributed by atoms with Gasteiger partial charge in [-0.05, 0) is 5.56 Å². The van der Waals surface area contributed by atoms with Crippen LogP contribution >= 0.6 is 15.9 Å². The van der Waals surface area contributed by atoms with E-state index in [4.69, 9.17) is 4.74 Å². The Bertz CT molecular complexity index is 369. The van der Waals surface area contributed by atoms with Crippen molar-refractivity contribution >= 4 is 21.8 Å². The number of ether oxygens (including phenoxy) is 1. The summed E-state index contributed by atoms with van der Waals surface area (Å²) in [4.78, 5) is 14.1. The Balaban J connectivity index is 1.99. The van der Waals surface area contributed by atoms with Crippen molar-refractivity contribution in [1.29, 1.82) is 0 Å². The van der Waals surface area contributed by atoms with E-state index >= 15 is 0 Å². The Kier molecular flexibility index (Phi) is 4.57. The van der Waals surface area contributed by atoms with Crippen molar-refractivity contribution < 1.29 is 9.53 Å². The molecule has 92 valence electrons. The van der Waals surface area contributed by atoms with E-state index < -0.39 is 0 Å². The number of rotatable bonds is 3. The van der Waals surface area contributed by atoms with Crippen LogP contribution in [-0.2, 0) is 16.0 Å². The molecule has 1 aromatic carbocycles. The SMILES string of the molecule is O=C(Cc1ccccc1)N1CCOCC1CBr. The third-order valence-electron chi connectivity index (χ3n) is 2.92. The smallest absolute Gasteiger partial charge is 0.227 e. The van der Waals surface area contributed by atoms with Crippen molar-refractivity contribution in [2.75, 3.05) is 25.1 Å². The normalized spacial score (nSPS) is 20.3. The molecule has 1 saturated heterocycles. The summed E-state index contributed by atoms with van der Waals surface area (Å²) in [6.07, 6.45) is 0.477. The van der Waals surface area contributed by atoms with Crippen LogP contribution in [-0.4, -0.2) is 41.9 Å². The van der Waals surface area contributed by atoms with Gasteiger partial charge in [-0.25, -0.2) is 0 Å². The summed E-state index contributed by atoms with van der Waals surface area (Å²) < 4.78 is 5.38. The molecular formula is C13H16BrNO2. The molecule has 0 saturated carbocycles. The lowest BCUT2D eigenvalue weighted by atomic mass is 10.1. The molecule has 1 aromatic rings. The fraction of sp³-hybridized carbons (Fsp3) is 0.462. The first-order chi connectivity index (χ1) is 8.31. The molecule has 1 aliphatic rings. The summed E-state index contributed by atoms with van der Waals surface area (Å²) >= 11 is 3.43. The van der Waals surface area contributed by atoms with Gasteiger partial charge in [-0.2, -0.15) is 0 Å². The number of morpholine rings is 1. The summed E-state index contributed by atoms with van der Waals surface area (Å²) in [5.41, 5.74) is 1.07. The second kappa shape index (κ2) is 6.17. The number of halogens is 1. The molecule has 0 radical (unpaired) electrons. The first-order valence-electron chi connectivity index (χ1n) is 5.78. The Morgan fingerprint density at radius 2 is 2.18 bits per heavy atom. The Labute approximate surface area is 110 Å². The van der Waals surface area contributed by atoms with E-state index in [-0.39, 0.29) is 11.9 Å². The number of hydrogen-bond acceptors (Lipinski definition) is 2. The molecule has 1 aliphatic heterocycles. The predicted octanol–water partition coefficient (Wildman–Crippen LogP) is 1.85. The molecule has 0 spiro atoms. The average molecular weight is 298 g/mol. The zero-order valence-corrected chi connectivity index (χ0v) is 11.2. The number of hydrogen-bond donors (Lipinski definition) is 0. The minimum absolute atomic E-state index is 0.167. The van der Waals surface area contributed by atoms with Gasteiger partial charge >= 0.3 is 0 Å². The number of carbonyl (C=O) groups is 1. The van der Waals surface area contributed by atoms with E-state index in [2.05, 4.69) is 15.9 Å². The minimum atomic E-state index is 0.167. The van der Waals surface area contributed by atoms with Crippen molar-refractivity contribution in [3.8, 4) is 0 Å². The van der Waals surface area contributed by atoms with Gasteiger partial charge in [0.1, 0.15) is 0 Å². The lowest BCUT2D eigenvalue weighted by molar-refractivity contribution is -0.138. The molecule has 0 N–H and O–H groups in total. The summed E-state index contributed by atoms with van der Waals surface area (Å²) in [7, 11) is 0. The van der Waals surface area contributed by atoms with Crippen LogP contribution in [0.3, 0.4) is 0 Å². The van der Waals surface area contributed by atoms with Crippen LogP contribution in [0.4, 0.5) is 0 Å². The van der Waals surface area contributed by atoms with Gasteiger partial charge in [-0.3, -0.25) is 4.79 Å². The zero-order chi connectivity index (χ0) is 12.1. The number of benzene rings is 1. The number of amides is 1. The summed E-state index contributed by atoms with van der Waals surface area (Å²) in [5.74, 6) is 0.184. The minimum Gasteiger partial charge on any atom is -0.377 e. The third-order valence-corrected chi connectivity index (χ3v) is 3.67. The fourth-order valence-corrected chi connectivity index (χ4v) is 2.52. The monoisotopic (exact) mass is 297 g/mol. The van der Waals surface area contributed by atoms with Crippen molar-refractivity contribution in [3.63, 3.8) is 0 Å². The molecule has 1 atom stereocenters. The third kappa shape index (κ3) is 3.30. The standard InChI is InChI=1S/C13H16BrNO2/c14-9-12-10-17-7-6-15(12)13(16)8-11-4-2-1-3-5-11/h1-5,12H,6-10H2. The second-order valence-electron chi connectivity index (χ2n) is 4.13. The molecule has 1 heterocycles. The highest BCUT2D eigenvalue weighted by Gasteiger charge is 2.26.